The van der Waals surface area contributed by atoms with Gasteiger partial charge >= 0.3 is 0 Å². The van der Waals surface area contributed by atoms with Gasteiger partial charge in [-0.05, 0) is 43.5 Å². The third-order valence-corrected chi connectivity index (χ3v) is 6.78. The van der Waals surface area contributed by atoms with Gasteiger partial charge in [0.15, 0.2) is 11.5 Å². The zero-order chi connectivity index (χ0) is 24.9. The molecule has 0 aliphatic carbocycles. The minimum absolute atomic E-state index is 0.0468. The van der Waals surface area contributed by atoms with Crippen LogP contribution in [0.2, 0.25) is 0 Å². The van der Waals surface area contributed by atoms with E-state index in [0.29, 0.717) is 18.0 Å². The lowest BCUT2D eigenvalue weighted by molar-refractivity contribution is -0.139. The monoisotopic (exact) mass is 489 g/mol. The summed E-state index contributed by atoms with van der Waals surface area (Å²) in [6.07, 6.45) is 1.80. The fourth-order valence-corrected chi connectivity index (χ4v) is 4.45. The van der Waals surface area contributed by atoms with Crippen LogP contribution in [-0.2, 0) is 26.2 Å². The Labute approximate surface area is 200 Å². The van der Waals surface area contributed by atoms with E-state index in [2.05, 4.69) is 5.32 Å². The minimum atomic E-state index is -3.82. The lowest BCUT2D eigenvalue weighted by atomic mass is 10.1. The zero-order valence-electron chi connectivity index (χ0n) is 19.9. The molecule has 3 rings (SSSR count). The number of carbonyl (C=O) groups is 2. The molecule has 0 saturated heterocycles. The second-order valence-electron chi connectivity index (χ2n) is 8.22. The average molecular weight is 490 g/mol. The molecule has 9 nitrogen and oxygen atoms in total. The van der Waals surface area contributed by atoms with Gasteiger partial charge in [0.1, 0.15) is 12.6 Å². The molecule has 34 heavy (non-hydrogen) atoms. The number of amides is 2. The first-order valence-corrected chi connectivity index (χ1v) is 13.0. The second-order valence-corrected chi connectivity index (χ2v) is 10.1. The van der Waals surface area contributed by atoms with Gasteiger partial charge in [-0.2, -0.15) is 0 Å². The van der Waals surface area contributed by atoms with Crippen molar-refractivity contribution in [2.75, 3.05) is 30.4 Å². The molecule has 0 aromatic heterocycles. The third kappa shape index (κ3) is 5.99. The van der Waals surface area contributed by atoms with Crippen molar-refractivity contribution in [2.45, 2.75) is 39.8 Å². The van der Waals surface area contributed by atoms with Crippen LogP contribution in [0.4, 0.5) is 5.69 Å². The minimum Gasteiger partial charge on any atom is -0.454 e. The molecule has 0 saturated carbocycles. The predicted molar refractivity (Wildman–Crippen MR) is 129 cm³/mol. The predicted octanol–water partition coefficient (Wildman–Crippen LogP) is 2.43. The lowest BCUT2D eigenvalue weighted by Gasteiger charge is -2.31. The van der Waals surface area contributed by atoms with Gasteiger partial charge in [0.05, 0.1) is 11.9 Å². The van der Waals surface area contributed by atoms with Crippen LogP contribution in [0.5, 0.6) is 11.5 Å². The Kier molecular flexibility index (Phi) is 8.03. The quantitative estimate of drug-likeness (QED) is 0.550. The average Bonchev–Trinajstić information content (AvgIpc) is 3.27. The Morgan fingerprint density at radius 2 is 1.82 bits per heavy atom. The summed E-state index contributed by atoms with van der Waals surface area (Å²) in [6.45, 7) is 5.76. The summed E-state index contributed by atoms with van der Waals surface area (Å²) in [7, 11) is -3.82. The molecule has 184 valence electrons. The van der Waals surface area contributed by atoms with Crippen LogP contribution in [0.1, 0.15) is 31.4 Å². The fourth-order valence-electron chi connectivity index (χ4n) is 3.60. The number of aryl methyl sites for hydroxylation is 1. The van der Waals surface area contributed by atoms with Gasteiger partial charge in [-0.15, -0.1) is 0 Å². The number of benzene rings is 2. The Hall–Kier alpha value is -3.27. The maximum atomic E-state index is 13.5. The molecule has 0 radical (unpaired) electrons. The van der Waals surface area contributed by atoms with Crippen LogP contribution in [0.3, 0.4) is 0 Å². The number of nitrogens with zero attached hydrogens (tertiary/aromatic N) is 2. The molecule has 0 bridgehead atoms. The summed E-state index contributed by atoms with van der Waals surface area (Å²) in [4.78, 5) is 27.7. The lowest BCUT2D eigenvalue weighted by Crippen LogP contribution is -2.51. The first-order chi connectivity index (χ1) is 16.1. The molecule has 1 N–H and O–H groups in total. The number of fused-ring (bicyclic) bond motifs is 1. The summed E-state index contributed by atoms with van der Waals surface area (Å²) < 4.78 is 37.0. The smallest absolute Gasteiger partial charge is 0.244 e. The summed E-state index contributed by atoms with van der Waals surface area (Å²) in [5.41, 5.74) is 2.12. The van der Waals surface area contributed by atoms with E-state index in [1.54, 1.807) is 19.1 Å². The van der Waals surface area contributed by atoms with Crippen molar-refractivity contribution in [1.29, 1.82) is 0 Å². The van der Waals surface area contributed by atoms with Crippen LogP contribution < -0.4 is 19.1 Å². The Balaban J connectivity index is 1.91. The van der Waals surface area contributed by atoms with E-state index in [0.717, 1.165) is 28.1 Å². The highest BCUT2D eigenvalue weighted by atomic mass is 32.2. The van der Waals surface area contributed by atoms with Gasteiger partial charge in [0.25, 0.3) is 0 Å². The number of ether oxygens (including phenoxy) is 2. The van der Waals surface area contributed by atoms with Gasteiger partial charge in [-0.1, -0.05) is 31.2 Å². The topological polar surface area (TPSA) is 105 Å². The maximum Gasteiger partial charge on any atom is 0.244 e. The molecular weight excluding hydrogens is 458 g/mol. The van der Waals surface area contributed by atoms with E-state index in [1.807, 2.05) is 38.1 Å². The number of carbonyl (C=O) groups excluding carboxylic acids is 2. The molecule has 10 heteroatoms. The molecule has 1 atom stereocenters. The van der Waals surface area contributed by atoms with E-state index in [1.165, 1.54) is 11.0 Å². The van der Waals surface area contributed by atoms with Crippen molar-refractivity contribution >= 4 is 27.5 Å². The normalized spacial score (nSPS) is 13.3. The van der Waals surface area contributed by atoms with Crippen molar-refractivity contribution in [2.24, 2.45) is 0 Å². The first kappa shape index (κ1) is 25.4. The highest BCUT2D eigenvalue weighted by Gasteiger charge is 2.31. The molecule has 2 amide bonds. The van der Waals surface area contributed by atoms with Gasteiger partial charge in [-0.25, -0.2) is 8.42 Å². The van der Waals surface area contributed by atoms with Crippen LogP contribution >= 0.6 is 0 Å². The number of rotatable bonds is 10. The van der Waals surface area contributed by atoms with Gasteiger partial charge in [0.2, 0.25) is 28.6 Å². The Morgan fingerprint density at radius 3 is 2.50 bits per heavy atom. The summed E-state index contributed by atoms with van der Waals surface area (Å²) in [5, 5.41) is 2.82. The fraction of sp³-hybridized carbons (Fsp3) is 0.417. The molecule has 2 aromatic rings. The number of sulfonamides is 1. The van der Waals surface area contributed by atoms with Crippen molar-refractivity contribution < 1.29 is 27.5 Å². The van der Waals surface area contributed by atoms with Crippen molar-refractivity contribution in [3.05, 3.63) is 53.6 Å². The van der Waals surface area contributed by atoms with Crippen LogP contribution in [-0.4, -0.2) is 57.3 Å². The molecule has 1 heterocycles. The van der Waals surface area contributed by atoms with Crippen LogP contribution in [0, 0.1) is 6.92 Å². The first-order valence-electron chi connectivity index (χ1n) is 11.1. The zero-order valence-corrected chi connectivity index (χ0v) is 20.7. The van der Waals surface area contributed by atoms with E-state index < -0.39 is 28.5 Å². The van der Waals surface area contributed by atoms with Crippen LogP contribution in [0.25, 0.3) is 0 Å². The summed E-state index contributed by atoms with van der Waals surface area (Å²) >= 11 is 0. The maximum absolute atomic E-state index is 13.5. The van der Waals surface area contributed by atoms with Gasteiger partial charge in [0, 0.05) is 19.2 Å². The van der Waals surface area contributed by atoms with Crippen molar-refractivity contribution in [3.8, 4) is 11.5 Å². The molecule has 0 spiro atoms. The molecule has 2 aromatic carbocycles. The number of hydrogen-bond acceptors (Lipinski definition) is 6. The Bertz CT molecular complexity index is 1150. The molecular formula is C24H31N3O6S. The molecule has 1 aliphatic rings. The molecule has 0 unspecified atom stereocenters. The number of nitrogens with one attached hydrogen (secondary N) is 1. The van der Waals surface area contributed by atoms with Gasteiger partial charge in [-0.3, -0.25) is 13.9 Å². The van der Waals surface area contributed by atoms with E-state index in [-0.39, 0.29) is 24.9 Å². The van der Waals surface area contributed by atoms with E-state index in [4.69, 9.17) is 9.47 Å². The largest absolute Gasteiger partial charge is 0.454 e. The van der Waals surface area contributed by atoms with E-state index >= 15 is 0 Å². The highest BCUT2D eigenvalue weighted by Crippen LogP contribution is 2.36. The highest BCUT2D eigenvalue weighted by molar-refractivity contribution is 7.92. The third-order valence-electron chi connectivity index (χ3n) is 5.64. The van der Waals surface area contributed by atoms with Gasteiger partial charge < -0.3 is 19.7 Å². The summed E-state index contributed by atoms with van der Waals surface area (Å²) in [6, 6.07) is 11.5. The van der Waals surface area contributed by atoms with Crippen molar-refractivity contribution in [1.82, 2.24) is 10.2 Å². The second kappa shape index (κ2) is 10.8. The van der Waals surface area contributed by atoms with Crippen molar-refractivity contribution in [3.63, 3.8) is 0 Å². The number of hydrogen-bond donors (Lipinski definition) is 1. The summed E-state index contributed by atoms with van der Waals surface area (Å²) in [5.74, 6) is 0.122. The van der Waals surface area contributed by atoms with E-state index in [9.17, 15) is 18.0 Å². The standard InChI is InChI=1S/C24H31N3O6S/c1-5-12-25-24(29)18(3)26(14-19-9-7-6-8-17(19)2)23(28)15-27(34(4,30)31)20-10-11-21-22(13-20)33-16-32-21/h6-11,13,18H,5,12,14-16H2,1-4H3,(H,25,29)/t18-/m1/s1. The molecule has 0 fully saturated rings. The van der Waals surface area contributed by atoms with Crippen LogP contribution in [0.15, 0.2) is 42.5 Å². The Morgan fingerprint density at radius 1 is 1.12 bits per heavy atom. The number of anilines is 1. The molecule has 1 aliphatic heterocycles. The SMILES string of the molecule is CCCNC(=O)[C@@H](C)N(Cc1ccccc1C)C(=O)CN(c1ccc2c(c1)OCO2)S(C)(=O)=O.